The number of methoxy groups -OCH3 is 1. The first kappa shape index (κ1) is 32.7. The minimum Gasteiger partial charge on any atom is -0.497 e. The summed E-state index contributed by atoms with van der Waals surface area (Å²) in [6.07, 6.45) is 3.73. The van der Waals surface area contributed by atoms with Gasteiger partial charge in [0.1, 0.15) is 17.3 Å². The molecule has 10 heteroatoms. The third kappa shape index (κ3) is 8.51. The Kier molecular flexibility index (Phi) is 10.7. The van der Waals surface area contributed by atoms with Crippen molar-refractivity contribution in [2.24, 2.45) is 5.92 Å². The van der Waals surface area contributed by atoms with Crippen LogP contribution in [0.15, 0.2) is 66.9 Å². The number of amides is 1. The van der Waals surface area contributed by atoms with Gasteiger partial charge in [-0.25, -0.2) is 14.2 Å². The lowest BCUT2D eigenvalue weighted by Gasteiger charge is -2.29. The number of benzene rings is 3. The number of likely N-dealkylation sites (tertiary alicyclic amines) is 1. The average Bonchev–Trinajstić information content (AvgIpc) is 3.03. The molecule has 0 radical (unpaired) electrons. The highest BCUT2D eigenvalue weighted by molar-refractivity contribution is 5.88. The van der Waals surface area contributed by atoms with Crippen LogP contribution in [-0.2, 0) is 6.42 Å². The zero-order chi connectivity index (χ0) is 32.6. The summed E-state index contributed by atoms with van der Waals surface area (Å²) in [6, 6.07) is 18.0. The van der Waals surface area contributed by atoms with Gasteiger partial charge in [-0.15, -0.1) is 0 Å². The Morgan fingerprint density at radius 3 is 2.52 bits per heavy atom. The van der Waals surface area contributed by atoms with E-state index in [1.807, 2.05) is 57.2 Å². The lowest BCUT2D eigenvalue weighted by molar-refractivity contribution is 0.147. The molecule has 1 amide bonds. The highest BCUT2D eigenvalue weighted by Crippen LogP contribution is 2.28. The summed E-state index contributed by atoms with van der Waals surface area (Å²) in [5.74, 6) is 1.94. The van der Waals surface area contributed by atoms with E-state index in [4.69, 9.17) is 14.2 Å². The fraction of sp³-hybridized carbons (Fsp3) is 0.361. The molecule has 0 bridgehead atoms. The Morgan fingerprint density at radius 1 is 1.07 bits per heavy atom. The summed E-state index contributed by atoms with van der Waals surface area (Å²) in [5.41, 5.74) is 4.29. The number of halogens is 1. The van der Waals surface area contributed by atoms with Gasteiger partial charge in [0.05, 0.1) is 13.7 Å². The van der Waals surface area contributed by atoms with Crippen molar-refractivity contribution in [2.45, 2.75) is 40.0 Å². The molecule has 1 N–H and O–H groups in total. The van der Waals surface area contributed by atoms with Crippen molar-refractivity contribution >= 4 is 23.5 Å². The molecule has 1 unspecified atom stereocenters. The van der Waals surface area contributed by atoms with Crippen LogP contribution in [0.4, 0.5) is 26.6 Å². The van der Waals surface area contributed by atoms with E-state index in [0.717, 1.165) is 53.9 Å². The SMILES string of the molecule is COc1ccc(CCN(C(=O)Oc2c(C)cc(C)cc2C)c2ccnc(Nc3ccc(OCC4CCCN(C)C4)c(F)c3)n2)cc1. The number of piperidine rings is 1. The van der Waals surface area contributed by atoms with E-state index in [1.54, 1.807) is 31.5 Å². The number of nitrogens with one attached hydrogen (secondary N) is 1. The second-order valence-electron chi connectivity index (χ2n) is 11.9. The Balaban J connectivity index is 1.32. The molecule has 9 nitrogen and oxygen atoms in total. The normalized spacial score (nSPS) is 14.9. The maximum atomic E-state index is 15.0. The quantitative estimate of drug-likeness (QED) is 0.186. The van der Waals surface area contributed by atoms with Gasteiger partial charge in [-0.3, -0.25) is 4.90 Å². The number of rotatable bonds is 11. The molecule has 1 atom stereocenters. The molecule has 1 saturated heterocycles. The highest BCUT2D eigenvalue weighted by atomic mass is 19.1. The smallest absolute Gasteiger partial charge is 0.420 e. The van der Waals surface area contributed by atoms with Crippen LogP contribution < -0.4 is 24.4 Å². The summed E-state index contributed by atoms with van der Waals surface area (Å²) in [5, 5.41) is 3.06. The number of carbonyl (C=O) groups excluding carboxylic acids is 1. The number of anilines is 3. The summed E-state index contributed by atoms with van der Waals surface area (Å²) in [7, 11) is 3.72. The van der Waals surface area contributed by atoms with E-state index in [-0.39, 0.29) is 11.7 Å². The third-order valence-corrected chi connectivity index (χ3v) is 8.10. The molecular formula is C36H42FN5O4. The number of hydrogen-bond acceptors (Lipinski definition) is 8. The topological polar surface area (TPSA) is 89.0 Å². The van der Waals surface area contributed by atoms with E-state index in [1.165, 1.54) is 11.0 Å². The zero-order valence-electron chi connectivity index (χ0n) is 27.2. The zero-order valence-corrected chi connectivity index (χ0v) is 27.2. The molecule has 1 aliphatic rings. The first-order valence-corrected chi connectivity index (χ1v) is 15.6. The van der Waals surface area contributed by atoms with Gasteiger partial charge < -0.3 is 24.4 Å². The van der Waals surface area contributed by atoms with Crippen molar-refractivity contribution in [3.63, 3.8) is 0 Å². The second-order valence-corrected chi connectivity index (χ2v) is 11.9. The molecule has 0 spiro atoms. The molecule has 242 valence electrons. The minimum atomic E-state index is -0.565. The van der Waals surface area contributed by atoms with E-state index < -0.39 is 11.9 Å². The predicted molar refractivity (Wildman–Crippen MR) is 178 cm³/mol. The van der Waals surface area contributed by atoms with Crippen LogP contribution in [0.2, 0.25) is 0 Å². The molecule has 2 heterocycles. The molecule has 0 aliphatic carbocycles. The van der Waals surface area contributed by atoms with Crippen LogP contribution in [-0.4, -0.2) is 61.4 Å². The van der Waals surface area contributed by atoms with Gasteiger partial charge in [0.2, 0.25) is 5.95 Å². The van der Waals surface area contributed by atoms with Gasteiger partial charge in [-0.05, 0) is 101 Å². The van der Waals surface area contributed by atoms with Crippen LogP contribution in [0, 0.1) is 32.5 Å². The molecular weight excluding hydrogens is 585 g/mol. The molecule has 1 fully saturated rings. The first-order valence-electron chi connectivity index (χ1n) is 15.6. The summed E-state index contributed by atoms with van der Waals surface area (Å²) < 4.78 is 32.1. The number of hydrogen-bond donors (Lipinski definition) is 1. The maximum absolute atomic E-state index is 15.0. The van der Waals surface area contributed by atoms with Gasteiger partial charge in [0.15, 0.2) is 11.6 Å². The van der Waals surface area contributed by atoms with Crippen LogP contribution >= 0.6 is 0 Å². The predicted octanol–water partition coefficient (Wildman–Crippen LogP) is 7.26. The number of aromatic nitrogens is 2. The van der Waals surface area contributed by atoms with Gasteiger partial charge >= 0.3 is 6.09 Å². The van der Waals surface area contributed by atoms with Gasteiger partial charge in [-0.2, -0.15) is 4.98 Å². The van der Waals surface area contributed by atoms with E-state index in [0.29, 0.717) is 42.7 Å². The fourth-order valence-corrected chi connectivity index (χ4v) is 5.80. The summed E-state index contributed by atoms with van der Waals surface area (Å²) in [4.78, 5) is 26.4. The summed E-state index contributed by atoms with van der Waals surface area (Å²) >= 11 is 0. The van der Waals surface area contributed by atoms with Crippen molar-refractivity contribution in [1.82, 2.24) is 14.9 Å². The number of carbonyl (C=O) groups is 1. The summed E-state index contributed by atoms with van der Waals surface area (Å²) in [6.45, 7) is 8.64. The van der Waals surface area contributed by atoms with Crippen molar-refractivity contribution in [2.75, 3.05) is 50.6 Å². The molecule has 4 aromatic rings. The Labute approximate surface area is 270 Å². The lowest BCUT2D eigenvalue weighted by Crippen LogP contribution is -2.36. The van der Waals surface area contributed by atoms with E-state index in [9.17, 15) is 4.79 Å². The van der Waals surface area contributed by atoms with Crippen LogP contribution in [0.3, 0.4) is 0 Å². The van der Waals surface area contributed by atoms with Crippen LogP contribution in [0.25, 0.3) is 0 Å². The molecule has 46 heavy (non-hydrogen) atoms. The van der Waals surface area contributed by atoms with Crippen molar-refractivity contribution in [1.29, 1.82) is 0 Å². The molecule has 1 aromatic heterocycles. The number of nitrogens with zero attached hydrogens (tertiary/aromatic N) is 4. The van der Waals surface area contributed by atoms with Crippen molar-refractivity contribution in [3.8, 4) is 17.2 Å². The standard InChI is InChI=1S/C36H42FN5O4/c1-24-19-25(2)34(26(3)20-24)46-36(43)42(18-15-27-8-11-30(44-5)12-9-27)33-14-16-38-35(40-33)39-29-10-13-32(31(37)21-29)45-23-28-7-6-17-41(4)22-28/h8-14,16,19-21,28H,6-7,15,17-18,22-23H2,1-5H3,(H,38,39,40). The second kappa shape index (κ2) is 15.1. The number of aryl methyl sites for hydroxylation is 3. The van der Waals surface area contributed by atoms with Gasteiger partial charge in [-0.1, -0.05) is 29.8 Å². The largest absolute Gasteiger partial charge is 0.497 e. The first-order chi connectivity index (χ1) is 22.2. The Bertz CT molecular complexity index is 1630. The van der Waals surface area contributed by atoms with Crippen molar-refractivity contribution in [3.05, 3.63) is 94.9 Å². The van der Waals surface area contributed by atoms with E-state index >= 15 is 4.39 Å². The minimum absolute atomic E-state index is 0.209. The molecule has 3 aromatic carbocycles. The highest BCUT2D eigenvalue weighted by Gasteiger charge is 2.23. The lowest BCUT2D eigenvalue weighted by atomic mass is 10.00. The van der Waals surface area contributed by atoms with Gasteiger partial charge in [0, 0.05) is 37.0 Å². The Hall–Kier alpha value is -4.70. The monoisotopic (exact) mass is 627 g/mol. The molecule has 5 rings (SSSR count). The third-order valence-electron chi connectivity index (χ3n) is 8.10. The fourth-order valence-electron chi connectivity index (χ4n) is 5.80. The molecule has 1 aliphatic heterocycles. The number of ether oxygens (including phenoxy) is 3. The van der Waals surface area contributed by atoms with Crippen LogP contribution in [0.1, 0.15) is 35.1 Å². The van der Waals surface area contributed by atoms with Crippen LogP contribution in [0.5, 0.6) is 17.2 Å². The maximum Gasteiger partial charge on any atom is 0.420 e. The Morgan fingerprint density at radius 2 is 1.83 bits per heavy atom. The molecule has 0 saturated carbocycles. The van der Waals surface area contributed by atoms with Gasteiger partial charge in [0.25, 0.3) is 0 Å². The average molecular weight is 628 g/mol. The van der Waals surface area contributed by atoms with E-state index in [2.05, 4.69) is 27.2 Å². The van der Waals surface area contributed by atoms with Crippen molar-refractivity contribution < 1.29 is 23.4 Å².